The van der Waals surface area contributed by atoms with Crippen molar-refractivity contribution in [1.82, 2.24) is 20.6 Å². The van der Waals surface area contributed by atoms with Crippen molar-refractivity contribution in [2.24, 2.45) is 0 Å². The maximum atomic E-state index is 12.7. The molecule has 5 nitrogen and oxygen atoms in total. The molecule has 0 fully saturated rings. The molecule has 0 aliphatic heterocycles. The maximum absolute atomic E-state index is 12.7. The van der Waals surface area contributed by atoms with Gasteiger partial charge in [0.1, 0.15) is 6.04 Å². The lowest BCUT2D eigenvalue weighted by Gasteiger charge is -2.19. The molecular formula is C20H20N4O. The standard InChI is InChI=1S/C20H20N4O/c25-20(24-15-17-8-12-22-13-9-17)19(18-4-2-1-3-5-18)23-14-16-6-10-21-11-7-16/h1-13,19,23H,14-15H2,(H,24,25). The zero-order valence-electron chi connectivity index (χ0n) is 13.8. The predicted octanol–water partition coefficient (Wildman–Crippen LogP) is 2.62. The van der Waals surface area contributed by atoms with Crippen molar-refractivity contribution in [3.8, 4) is 0 Å². The first kappa shape index (κ1) is 16.8. The average molecular weight is 332 g/mol. The van der Waals surface area contributed by atoms with Gasteiger partial charge in [-0.2, -0.15) is 0 Å². The second-order valence-corrected chi connectivity index (χ2v) is 5.65. The SMILES string of the molecule is O=C(NCc1ccncc1)C(NCc1ccncc1)c1ccccc1. The molecule has 3 aromatic rings. The molecule has 0 saturated carbocycles. The lowest BCUT2D eigenvalue weighted by molar-refractivity contribution is -0.123. The van der Waals surface area contributed by atoms with E-state index in [9.17, 15) is 4.79 Å². The summed E-state index contributed by atoms with van der Waals surface area (Å²) in [5.74, 6) is -0.0583. The Kier molecular flexibility index (Phi) is 5.85. The average Bonchev–Trinajstić information content (AvgIpc) is 2.69. The van der Waals surface area contributed by atoms with E-state index in [4.69, 9.17) is 0 Å². The number of nitrogens with zero attached hydrogens (tertiary/aromatic N) is 2. The summed E-state index contributed by atoms with van der Waals surface area (Å²) < 4.78 is 0. The van der Waals surface area contributed by atoms with Gasteiger partial charge in [-0.25, -0.2) is 0 Å². The maximum Gasteiger partial charge on any atom is 0.242 e. The van der Waals surface area contributed by atoms with Crippen molar-refractivity contribution < 1.29 is 4.79 Å². The zero-order valence-corrected chi connectivity index (χ0v) is 13.8. The zero-order chi connectivity index (χ0) is 17.3. The summed E-state index contributed by atoms with van der Waals surface area (Å²) in [5.41, 5.74) is 3.03. The van der Waals surface area contributed by atoms with Crippen molar-refractivity contribution in [3.63, 3.8) is 0 Å². The highest BCUT2D eigenvalue weighted by Crippen LogP contribution is 2.14. The molecule has 1 aromatic carbocycles. The van der Waals surface area contributed by atoms with Crippen LogP contribution >= 0.6 is 0 Å². The monoisotopic (exact) mass is 332 g/mol. The van der Waals surface area contributed by atoms with Crippen LogP contribution in [-0.2, 0) is 17.9 Å². The van der Waals surface area contributed by atoms with E-state index in [-0.39, 0.29) is 5.91 Å². The number of hydrogen-bond donors (Lipinski definition) is 2. The van der Waals surface area contributed by atoms with Crippen LogP contribution in [0.3, 0.4) is 0 Å². The molecule has 0 bridgehead atoms. The number of hydrogen-bond acceptors (Lipinski definition) is 4. The van der Waals surface area contributed by atoms with E-state index in [1.54, 1.807) is 24.8 Å². The minimum absolute atomic E-state index is 0.0583. The van der Waals surface area contributed by atoms with Crippen molar-refractivity contribution in [2.75, 3.05) is 0 Å². The molecule has 1 atom stereocenters. The largest absolute Gasteiger partial charge is 0.350 e. The van der Waals surface area contributed by atoms with Gasteiger partial charge >= 0.3 is 0 Å². The van der Waals surface area contributed by atoms with Crippen LogP contribution in [0.4, 0.5) is 0 Å². The summed E-state index contributed by atoms with van der Waals surface area (Å²) in [6.45, 7) is 1.06. The molecule has 1 amide bonds. The summed E-state index contributed by atoms with van der Waals surface area (Å²) >= 11 is 0. The van der Waals surface area contributed by atoms with Crippen LogP contribution in [-0.4, -0.2) is 15.9 Å². The first-order valence-corrected chi connectivity index (χ1v) is 8.17. The lowest BCUT2D eigenvalue weighted by Crippen LogP contribution is -2.37. The van der Waals surface area contributed by atoms with Gasteiger partial charge in [-0.05, 0) is 41.0 Å². The molecule has 2 N–H and O–H groups in total. The predicted molar refractivity (Wildman–Crippen MR) is 96.3 cm³/mol. The van der Waals surface area contributed by atoms with Crippen molar-refractivity contribution in [1.29, 1.82) is 0 Å². The summed E-state index contributed by atoms with van der Waals surface area (Å²) in [6, 6.07) is 17.0. The Morgan fingerprint density at radius 2 is 1.36 bits per heavy atom. The lowest BCUT2D eigenvalue weighted by atomic mass is 10.1. The fourth-order valence-corrected chi connectivity index (χ4v) is 2.52. The number of benzene rings is 1. The molecule has 2 aromatic heterocycles. The molecule has 126 valence electrons. The highest BCUT2D eigenvalue weighted by molar-refractivity contribution is 5.83. The van der Waals surface area contributed by atoms with Crippen LogP contribution in [0.25, 0.3) is 0 Å². The minimum Gasteiger partial charge on any atom is -0.350 e. The molecule has 0 spiro atoms. The van der Waals surface area contributed by atoms with Gasteiger partial charge in [0.2, 0.25) is 5.91 Å². The number of carbonyl (C=O) groups excluding carboxylic acids is 1. The minimum atomic E-state index is -0.420. The Labute approximate surface area is 147 Å². The molecule has 0 radical (unpaired) electrons. The first-order valence-electron chi connectivity index (χ1n) is 8.17. The molecule has 2 heterocycles. The van der Waals surface area contributed by atoms with Crippen LogP contribution < -0.4 is 10.6 Å². The highest BCUT2D eigenvalue weighted by atomic mass is 16.2. The summed E-state index contributed by atoms with van der Waals surface area (Å²) in [7, 11) is 0. The molecule has 5 heteroatoms. The highest BCUT2D eigenvalue weighted by Gasteiger charge is 2.19. The van der Waals surface area contributed by atoms with E-state index in [1.165, 1.54) is 0 Å². The molecule has 3 rings (SSSR count). The number of rotatable bonds is 7. The van der Waals surface area contributed by atoms with E-state index < -0.39 is 6.04 Å². The van der Waals surface area contributed by atoms with Crippen molar-refractivity contribution in [3.05, 3.63) is 96.1 Å². The van der Waals surface area contributed by atoms with Gasteiger partial charge in [0.05, 0.1) is 0 Å². The van der Waals surface area contributed by atoms with Crippen LogP contribution in [0.1, 0.15) is 22.7 Å². The van der Waals surface area contributed by atoms with E-state index in [0.717, 1.165) is 16.7 Å². The number of aromatic nitrogens is 2. The topological polar surface area (TPSA) is 66.9 Å². The van der Waals surface area contributed by atoms with Gasteiger partial charge in [-0.15, -0.1) is 0 Å². The van der Waals surface area contributed by atoms with Gasteiger partial charge in [-0.1, -0.05) is 30.3 Å². The third kappa shape index (κ3) is 4.96. The number of amides is 1. The van der Waals surface area contributed by atoms with Gasteiger partial charge in [0.15, 0.2) is 0 Å². The summed E-state index contributed by atoms with van der Waals surface area (Å²) in [4.78, 5) is 20.7. The second kappa shape index (κ2) is 8.70. The van der Waals surface area contributed by atoms with E-state index in [0.29, 0.717) is 13.1 Å². The fourth-order valence-electron chi connectivity index (χ4n) is 2.52. The normalized spacial score (nSPS) is 11.7. The molecular weight excluding hydrogens is 312 g/mol. The Hall–Kier alpha value is -3.05. The van der Waals surface area contributed by atoms with Gasteiger partial charge in [-0.3, -0.25) is 20.1 Å². The Balaban J connectivity index is 1.68. The smallest absolute Gasteiger partial charge is 0.242 e. The number of nitrogens with one attached hydrogen (secondary N) is 2. The fraction of sp³-hybridized carbons (Fsp3) is 0.150. The summed E-state index contributed by atoms with van der Waals surface area (Å²) in [6.07, 6.45) is 6.94. The van der Waals surface area contributed by atoms with Gasteiger partial charge in [0.25, 0.3) is 0 Å². The van der Waals surface area contributed by atoms with Crippen molar-refractivity contribution >= 4 is 5.91 Å². The third-order valence-electron chi connectivity index (χ3n) is 3.87. The summed E-state index contributed by atoms with van der Waals surface area (Å²) in [5, 5.41) is 6.33. The van der Waals surface area contributed by atoms with E-state index in [1.807, 2.05) is 54.6 Å². The van der Waals surface area contributed by atoms with Gasteiger partial charge < -0.3 is 5.32 Å². The molecule has 25 heavy (non-hydrogen) atoms. The molecule has 0 aliphatic carbocycles. The molecule has 0 saturated heterocycles. The Bertz CT molecular complexity index is 779. The Morgan fingerprint density at radius 3 is 1.96 bits per heavy atom. The number of carbonyl (C=O) groups is 1. The van der Waals surface area contributed by atoms with Crippen LogP contribution in [0.2, 0.25) is 0 Å². The van der Waals surface area contributed by atoms with Gasteiger partial charge in [0, 0.05) is 37.9 Å². The first-order chi connectivity index (χ1) is 12.3. The van der Waals surface area contributed by atoms with Crippen LogP contribution in [0, 0.1) is 0 Å². The molecule has 1 unspecified atom stereocenters. The van der Waals surface area contributed by atoms with E-state index in [2.05, 4.69) is 20.6 Å². The van der Waals surface area contributed by atoms with Crippen LogP contribution in [0.15, 0.2) is 79.4 Å². The Morgan fingerprint density at radius 1 is 0.800 bits per heavy atom. The number of pyridine rings is 2. The third-order valence-corrected chi connectivity index (χ3v) is 3.87. The van der Waals surface area contributed by atoms with E-state index >= 15 is 0 Å². The second-order valence-electron chi connectivity index (χ2n) is 5.65. The molecule has 0 aliphatic rings. The quantitative estimate of drug-likeness (QED) is 0.698. The van der Waals surface area contributed by atoms with Crippen LogP contribution in [0.5, 0.6) is 0 Å². The van der Waals surface area contributed by atoms with Crippen molar-refractivity contribution in [2.45, 2.75) is 19.1 Å².